The molecule has 0 aliphatic heterocycles. The lowest BCUT2D eigenvalue weighted by Gasteiger charge is -2.29. The fourth-order valence-corrected chi connectivity index (χ4v) is 3.26. The molecule has 3 nitrogen and oxygen atoms in total. The van der Waals surface area contributed by atoms with E-state index in [4.69, 9.17) is 11.6 Å². The minimum Gasteiger partial charge on any atom is -0.328 e. The Kier molecular flexibility index (Phi) is 18.7. The largest absolute Gasteiger partial charge is 0.328 e. The summed E-state index contributed by atoms with van der Waals surface area (Å²) in [4.78, 5) is 2.26. The molecule has 0 spiro atoms. The Morgan fingerprint density at radius 2 is 1.67 bits per heavy atom. The van der Waals surface area contributed by atoms with E-state index in [-0.39, 0.29) is 11.9 Å². The van der Waals surface area contributed by atoms with Crippen LogP contribution >= 0.6 is 11.8 Å². The molecule has 1 atom stereocenters. The number of nitrogens with zero attached hydrogens (tertiary/aromatic N) is 1. The first-order valence-corrected chi connectivity index (χ1v) is 10.7. The molecule has 0 fully saturated rings. The molecule has 0 aromatic heterocycles. The summed E-state index contributed by atoms with van der Waals surface area (Å²) in [5.74, 6) is 6.00. The smallest absolute Gasteiger partial charge is 0.123 e. The van der Waals surface area contributed by atoms with Gasteiger partial charge in [-0.05, 0) is 57.9 Å². The molecular formula is C22H40FN3S. The standard InChI is InChI=1S/C16H26FN3S.C4H8.C2H6/c1-4-6-16(15(5-2)20(19)12(3)11-18)21-14-9-7-13(17)8-10-14;1-3-4-2;1-2/h7-10,12H,4-6,11,18-19H2,1-3H3;3-4H,1-2H3;1-2H3/b16-15+;4-3-;. The molecule has 156 valence electrons. The molecular weight excluding hydrogens is 357 g/mol. The number of hydrogen-bond acceptors (Lipinski definition) is 4. The SMILES string of the molecule is C/C=C\C.CC.CCC/C(Sc1ccc(F)cc1)=C(/CC)N(N)C(C)CN. The molecule has 0 aliphatic rings. The van der Waals surface area contributed by atoms with Gasteiger partial charge in [0.2, 0.25) is 0 Å². The van der Waals surface area contributed by atoms with Gasteiger partial charge in [0.1, 0.15) is 5.82 Å². The van der Waals surface area contributed by atoms with E-state index < -0.39 is 0 Å². The van der Waals surface area contributed by atoms with Crippen LogP contribution in [0.3, 0.4) is 0 Å². The second-order valence-electron chi connectivity index (χ2n) is 5.69. The molecule has 0 radical (unpaired) electrons. The predicted octanol–water partition coefficient (Wildman–Crippen LogP) is 6.47. The van der Waals surface area contributed by atoms with E-state index in [1.807, 2.05) is 46.8 Å². The Morgan fingerprint density at radius 1 is 1.15 bits per heavy atom. The molecule has 1 aromatic rings. The van der Waals surface area contributed by atoms with Gasteiger partial charge in [0.05, 0.1) is 6.04 Å². The zero-order chi connectivity index (χ0) is 21.2. The van der Waals surface area contributed by atoms with Crippen LogP contribution in [-0.2, 0) is 0 Å². The molecule has 0 saturated carbocycles. The lowest BCUT2D eigenvalue weighted by Crippen LogP contribution is -2.43. The Balaban J connectivity index is 0. The van der Waals surface area contributed by atoms with E-state index in [2.05, 4.69) is 13.8 Å². The lowest BCUT2D eigenvalue weighted by molar-refractivity contribution is 0.272. The van der Waals surface area contributed by atoms with Crippen molar-refractivity contribution in [3.05, 3.63) is 52.8 Å². The normalized spacial score (nSPS) is 12.4. The monoisotopic (exact) mass is 397 g/mol. The van der Waals surface area contributed by atoms with Crippen molar-refractivity contribution in [1.82, 2.24) is 5.01 Å². The van der Waals surface area contributed by atoms with Gasteiger partial charge in [-0.2, -0.15) is 0 Å². The molecule has 1 aromatic carbocycles. The van der Waals surface area contributed by atoms with E-state index in [1.165, 1.54) is 17.0 Å². The molecule has 0 amide bonds. The average molecular weight is 398 g/mol. The predicted molar refractivity (Wildman–Crippen MR) is 121 cm³/mol. The molecule has 1 unspecified atom stereocenters. The third kappa shape index (κ3) is 11.9. The summed E-state index contributed by atoms with van der Waals surface area (Å²) in [6.07, 6.45) is 6.85. The zero-order valence-electron chi connectivity index (χ0n) is 18.3. The topological polar surface area (TPSA) is 55.3 Å². The first-order valence-electron chi connectivity index (χ1n) is 9.91. The van der Waals surface area contributed by atoms with E-state index in [9.17, 15) is 4.39 Å². The second kappa shape index (κ2) is 18.1. The first-order chi connectivity index (χ1) is 12.9. The van der Waals surface area contributed by atoms with Crippen molar-refractivity contribution in [2.75, 3.05) is 6.54 Å². The van der Waals surface area contributed by atoms with Crippen molar-refractivity contribution in [2.24, 2.45) is 11.6 Å². The summed E-state index contributed by atoms with van der Waals surface area (Å²) in [7, 11) is 0. The van der Waals surface area contributed by atoms with Crippen LogP contribution in [0.4, 0.5) is 4.39 Å². The highest BCUT2D eigenvalue weighted by molar-refractivity contribution is 8.03. The molecule has 0 bridgehead atoms. The van der Waals surface area contributed by atoms with Gasteiger partial charge in [-0.1, -0.05) is 58.0 Å². The van der Waals surface area contributed by atoms with Crippen molar-refractivity contribution in [3.63, 3.8) is 0 Å². The number of allylic oxidation sites excluding steroid dienone is 4. The number of hydrazine groups is 1. The minimum atomic E-state index is -0.215. The van der Waals surface area contributed by atoms with Crippen molar-refractivity contribution >= 4 is 11.8 Å². The number of rotatable bonds is 8. The number of nitrogens with two attached hydrogens (primary N) is 2. The fraction of sp³-hybridized carbons (Fsp3) is 0.545. The lowest BCUT2D eigenvalue weighted by atomic mass is 10.2. The molecule has 0 saturated heterocycles. The van der Waals surface area contributed by atoms with E-state index in [0.717, 1.165) is 29.9 Å². The molecule has 0 aliphatic carbocycles. The third-order valence-electron chi connectivity index (χ3n) is 3.65. The molecule has 0 heterocycles. The van der Waals surface area contributed by atoms with Crippen LogP contribution in [0.1, 0.15) is 67.7 Å². The summed E-state index contributed by atoms with van der Waals surface area (Å²) < 4.78 is 13.0. The Bertz CT molecular complexity index is 523. The number of halogens is 1. The van der Waals surface area contributed by atoms with Gasteiger partial charge in [0, 0.05) is 22.0 Å². The van der Waals surface area contributed by atoms with Crippen LogP contribution < -0.4 is 11.6 Å². The van der Waals surface area contributed by atoms with E-state index in [1.54, 1.807) is 28.9 Å². The molecule has 4 N–H and O–H groups in total. The van der Waals surface area contributed by atoms with Gasteiger partial charge in [-0.25, -0.2) is 10.2 Å². The van der Waals surface area contributed by atoms with Gasteiger partial charge < -0.3 is 10.7 Å². The Hall–Kier alpha value is -1.30. The second-order valence-corrected chi connectivity index (χ2v) is 6.86. The number of benzene rings is 1. The molecule has 27 heavy (non-hydrogen) atoms. The van der Waals surface area contributed by atoms with Crippen molar-refractivity contribution in [1.29, 1.82) is 0 Å². The van der Waals surface area contributed by atoms with Crippen LogP contribution in [0, 0.1) is 5.82 Å². The number of thioether (sulfide) groups is 1. The average Bonchev–Trinajstić information content (AvgIpc) is 2.71. The highest BCUT2D eigenvalue weighted by Gasteiger charge is 2.16. The van der Waals surface area contributed by atoms with Crippen molar-refractivity contribution in [2.45, 2.75) is 78.7 Å². The minimum absolute atomic E-state index is 0.0978. The van der Waals surface area contributed by atoms with Gasteiger partial charge in [0.25, 0.3) is 0 Å². The van der Waals surface area contributed by atoms with E-state index >= 15 is 0 Å². The fourth-order valence-electron chi connectivity index (χ4n) is 2.03. The highest BCUT2D eigenvalue weighted by atomic mass is 32.2. The van der Waals surface area contributed by atoms with E-state index in [0.29, 0.717) is 6.54 Å². The first kappa shape index (κ1) is 27.9. The maximum atomic E-state index is 13.0. The maximum Gasteiger partial charge on any atom is 0.123 e. The zero-order valence-corrected chi connectivity index (χ0v) is 19.1. The van der Waals surface area contributed by atoms with Crippen LogP contribution in [0.5, 0.6) is 0 Å². The van der Waals surface area contributed by atoms with Crippen LogP contribution in [0.15, 0.2) is 51.9 Å². The van der Waals surface area contributed by atoms with Crippen LogP contribution in [0.25, 0.3) is 0 Å². The van der Waals surface area contributed by atoms with Crippen molar-refractivity contribution < 1.29 is 4.39 Å². The van der Waals surface area contributed by atoms with Gasteiger partial charge in [0.15, 0.2) is 0 Å². The molecule has 5 heteroatoms. The van der Waals surface area contributed by atoms with Crippen molar-refractivity contribution in [3.8, 4) is 0 Å². The highest BCUT2D eigenvalue weighted by Crippen LogP contribution is 2.34. The van der Waals surface area contributed by atoms with Crippen LogP contribution in [-0.4, -0.2) is 17.6 Å². The summed E-state index contributed by atoms with van der Waals surface area (Å²) in [6.45, 7) is 14.8. The summed E-state index contributed by atoms with van der Waals surface area (Å²) in [5.41, 5.74) is 6.83. The summed E-state index contributed by atoms with van der Waals surface area (Å²) in [6, 6.07) is 6.67. The van der Waals surface area contributed by atoms with Gasteiger partial charge >= 0.3 is 0 Å². The van der Waals surface area contributed by atoms with Gasteiger partial charge in [-0.15, -0.1) is 0 Å². The van der Waals surface area contributed by atoms with Crippen LogP contribution in [0.2, 0.25) is 0 Å². The number of hydrogen-bond donors (Lipinski definition) is 2. The summed E-state index contributed by atoms with van der Waals surface area (Å²) >= 11 is 1.66. The Morgan fingerprint density at radius 3 is 2.04 bits per heavy atom. The summed E-state index contributed by atoms with van der Waals surface area (Å²) in [5, 5.41) is 1.78. The quantitative estimate of drug-likeness (QED) is 0.228. The van der Waals surface area contributed by atoms with Gasteiger partial charge in [-0.3, -0.25) is 0 Å². The maximum absolute atomic E-state index is 13.0. The Labute approximate surface area is 171 Å². The molecule has 1 rings (SSSR count). The third-order valence-corrected chi connectivity index (χ3v) is 4.84.